The Labute approximate surface area is 100 Å². The molecule has 0 saturated carbocycles. The molecule has 0 aliphatic carbocycles. The first-order valence-electron chi connectivity index (χ1n) is 6.01. The van der Waals surface area contributed by atoms with Gasteiger partial charge in [0.1, 0.15) is 6.10 Å². The van der Waals surface area contributed by atoms with Gasteiger partial charge in [-0.3, -0.25) is 0 Å². The van der Waals surface area contributed by atoms with Gasteiger partial charge < -0.3 is 5.11 Å². The number of thioether (sulfide) groups is 1. The highest BCUT2D eigenvalue weighted by atomic mass is 32.2. The minimum absolute atomic E-state index is 0.322. The first-order valence-corrected chi connectivity index (χ1v) is 7.06. The number of aryl methyl sites for hydroxylation is 1. The van der Waals surface area contributed by atoms with Gasteiger partial charge in [0.05, 0.1) is 11.9 Å². The molecule has 2 heterocycles. The number of rotatable bonds is 4. The normalized spacial score (nSPS) is 23.2. The molecule has 90 valence electrons. The number of aromatic nitrogens is 3. The molecule has 2 rings (SSSR count). The van der Waals surface area contributed by atoms with Crippen LogP contribution in [-0.4, -0.2) is 31.1 Å². The number of nitrogens with zero attached hydrogens (tertiary/aromatic N) is 3. The van der Waals surface area contributed by atoms with E-state index >= 15 is 0 Å². The first-order chi connectivity index (χ1) is 7.83. The topological polar surface area (TPSA) is 50.9 Å². The molecular formula is C11H19N3OS. The lowest BCUT2D eigenvalue weighted by atomic mass is 10.1. The fraction of sp³-hybridized carbons (Fsp3) is 0.818. The van der Waals surface area contributed by atoms with Crippen LogP contribution in [0, 0.1) is 0 Å². The Balaban J connectivity index is 2.06. The van der Waals surface area contributed by atoms with Crippen LogP contribution in [0.1, 0.15) is 44.4 Å². The van der Waals surface area contributed by atoms with Crippen LogP contribution >= 0.6 is 11.8 Å². The highest BCUT2D eigenvalue weighted by molar-refractivity contribution is 7.99. The Morgan fingerprint density at radius 2 is 2.50 bits per heavy atom. The van der Waals surface area contributed by atoms with Crippen molar-refractivity contribution in [2.45, 2.75) is 50.5 Å². The molecule has 1 aromatic rings. The molecule has 1 saturated heterocycles. The van der Waals surface area contributed by atoms with E-state index in [0.29, 0.717) is 5.25 Å². The molecule has 1 fully saturated rings. The van der Waals surface area contributed by atoms with Gasteiger partial charge in [-0.1, -0.05) is 18.6 Å². The highest BCUT2D eigenvalue weighted by Crippen LogP contribution is 2.34. The SMILES string of the molecule is CCCn1nncc1C(O)C1CCCCS1. The van der Waals surface area contributed by atoms with Gasteiger partial charge in [0, 0.05) is 11.8 Å². The van der Waals surface area contributed by atoms with Crippen molar-refractivity contribution in [1.82, 2.24) is 15.0 Å². The summed E-state index contributed by atoms with van der Waals surface area (Å²) in [6.45, 7) is 2.94. The maximum Gasteiger partial charge on any atom is 0.109 e. The van der Waals surface area contributed by atoms with E-state index in [1.54, 1.807) is 6.20 Å². The smallest absolute Gasteiger partial charge is 0.109 e. The molecule has 0 spiro atoms. The molecule has 5 heteroatoms. The van der Waals surface area contributed by atoms with E-state index in [4.69, 9.17) is 0 Å². The lowest BCUT2D eigenvalue weighted by Crippen LogP contribution is -2.22. The van der Waals surface area contributed by atoms with E-state index < -0.39 is 6.10 Å². The van der Waals surface area contributed by atoms with Gasteiger partial charge in [-0.15, -0.1) is 5.10 Å². The van der Waals surface area contributed by atoms with Gasteiger partial charge in [0.2, 0.25) is 0 Å². The van der Waals surface area contributed by atoms with Crippen molar-refractivity contribution >= 4 is 11.8 Å². The van der Waals surface area contributed by atoms with Crippen molar-refractivity contribution in [2.24, 2.45) is 0 Å². The van der Waals surface area contributed by atoms with Crippen LogP contribution < -0.4 is 0 Å². The van der Waals surface area contributed by atoms with Crippen LogP contribution in [0.15, 0.2) is 6.20 Å². The summed E-state index contributed by atoms with van der Waals surface area (Å²) in [6.07, 6.45) is 5.91. The molecule has 1 N–H and O–H groups in total. The molecule has 1 aromatic heterocycles. The molecular weight excluding hydrogens is 222 g/mol. The van der Waals surface area contributed by atoms with Crippen LogP contribution in [0.3, 0.4) is 0 Å². The molecule has 2 unspecified atom stereocenters. The van der Waals surface area contributed by atoms with E-state index in [2.05, 4.69) is 17.2 Å². The quantitative estimate of drug-likeness (QED) is 0.876. The minimum Gasteiger partial charge on any atom is -0.386 e. The van der Waals surface area contributed by atoms with Crippen LogP contribution in [0.5, 0.6) is 0 Å². The Bertz CT molecular complexity index is 323. The van der Waals surface area contributed by atoms with Crippen molar-refractivity contribution in [3.8, 4) is 0 Å². The fourth-order valence-electron chi connectivity index (χ4n) is 2.09. The molecule has 1 aliphatic heterocycles. The Kier molecular flexibility index (Phi) is 4.23. The maximum absolute atomic E-state index is 10.3. The van der Waals surface area contributed by atoms with Crippen LogP contribution in [-0.2, 0) is 6.54 Å². The van der Waals surface area contributed by atoms with E-state index in [1.165, 1.54) is 12.8 Å². The predicted octanol–water partition coefficient (Wildman–Crippen LogP) is 2.01. The summed E-state index contributed by atoms with van der Waals surface area (Å²) in [5.41, 5.74) is 0.876. The molecule has 4 nitrogen and oxygen atoms in total. The van der Waals surface area contributed by atoms with Crippen molar-refractivity contribution in [1.29, 1.82) is 0 Å². The summed E-state index contributed by atoms with van der Waals surface area (Å²) in [4.78, 5) is 0. The summed E-state index contributed by atoms with van der Waals surface area (Å²) in [6, 6.07) is 0. The number of aliphatic hydroxyl groups is 1. The minimum atomic E-state index is -0.410. The van der Waals surface area contributed by atoms with Crippen LogP contribution in [0.4, 0.5) is 0 Å². The zero-order valence-corrected chi connectivity index (χ0v) is 10.5. The van der Waals surface area contributed by atoms with E-state index in [9.17, 15) is 5.11 Å². The number of hydrogen-bond donors (Lipinski definition) is 1. The van der Waals surface area contributed by atoms with Crippen LogP contribution in [0.25, 0.3) is 0 Å². The Morgan fingerprint density at radius 3 is 3.19 bits per heavy atom. The van der Waals surface area contributed by atoms with Gasteiger partial charge >= 0.3 is 0 Å². The van der Waals surface area contributed by atoms with Crippen molar-refractivity contribution in [3.05, 3.63) is 11.9 Å². The van der Waals surface area contributed by atoms with Crippen molar-refractivity contribution in [2.75, 3.05) is 5.75 Å². The molecule has 0 amide bonds. The van der Waals surface area contributed by atoms with Crippen molar-refractivity contribution in [3.63, 3.8) is 0 Å². The molecule has 0 bridgehead atoms. The van der Waals surface area contributed by atoms with E-state index in [1.807, 2.05) is 16.4 Å². The Morgan fingerprint density at radius 1 is 1.62 bits per heavy atom. The highest BCUT2D eigenvalue weighted by Gasteiger charge is 2.26. The van der Waals surface area contributed by atoms with Gasteiger partial charge in [0.15, 0.2) is 0 Å². The molecule has 2 atom stereocenters. The maximum atomic E-state index is 10.3. The van der Waals surface area contributed by atoms with E-state index in [-0.39, 0.29) is 0 Å². The average Bonchev–Trinajstić information content (AvgIpc) is 2.78. The summed E-state index contributed by atoms with van der Waals surface area (Å²) in [5.74, 6) is 1.16. The molecule has 16 heavy (non-hydrogen) atoms. The standard InChI is InChI=1S/C11H19N3OS/c1-2-6-14-9(8-12-13-14)11(15)10-5-3-4-7-16-10/h8,10-11,15H,2-7H2,1H3. The molecule has 1 aliphatic rings. The first kappa shape index (κ1) is 11.9. The summed E-state index contributed by atoms with van der Waals surface area (Å²) in [7, 11) is 0. The number of hydrogen-bond acceptors (Lipinski definition) is 4. The third kappa shape index (κ3) is 2.58. The second kappa shape index (κ2) is 5.68. The second-order valence-electron chi connectivity index (χ2n) is 4.23. The molecule has 0 aromatic carbocycles. The zero-order chi connectivity index (χ0) is 11.4. The van der Waals surface area contributed by atoms with Gasteiger partial charge in [-0.05, 0) is 25.0 Å². The lowest BCUT2D eigenvalue weighted by molar-refractivity contribution is 0.157. The largest absolute Gasteiger partial charge is 0.386 e. The monoisotopic (exact) mass is 241 g/mol. The third-order valence-corrected chi connectivity index (χ3v) is 4.40. The average molecular weight is 241 g/mol. The predicted molar refractivity (Wildman–Crippen MR) is 65.4 cm³/mol. The van der Waals surface area contributed by atoms with Gasteiger partial charge in [0.25, 0.3) is 0 Å². The zero-order valence-electron chi connectivity index (χ0n) is 9.67. The van der Waals surface area contributed by atoms with Gasteiger partial charge in [-0.2, -0.15) is 11.8 Å². The third-order valence-electron chi connectivity index (χ3n) is 2.95. The van der Waals surface area contributed by atoms with Gasteiger partial charge in [-0.25, -0.2) is 4.68 Å². The summed E-state index contributed by atoms with van der Waals surface area (Å²) < 4.78 is 1.83. The number of aliphatic hydroxyl groups excluding tert-OH is 1. The fourth-order valence-corrected chi connectivity index (χ4v) is 3.41. The van der Waals surface area contributed by atoms with Crippen molar-refractivity contribution < 1.29 is 5.11 Å². The second-order valence-corrected chi connectivity index (χ2v) is 5.58. The summed E-state index contributed by atoms with van der Waals surface area (Å²) in [5, 5.41) is 18.6. The lowest BCUT2D eigenvalue weighted by Gasteiger charge is -2.26. The van der Waals surface area contributed by atoms with Crippen LogP contribution in [0.2, 0.25) is 0 Å². The summed E-state index contributed by atoms with van der Waals surface area (Å²) >= 11 is 1.88. The Hall–Kier alpha value is -0.550. The van der Waals surface area contributed by atoms with E-state index in [0.717, 1.165) is 30.8 Å². The molecule has 0 radical (unpaired) electrons.